The molecule has 0 radical (unpaired) electrons. The topological polar surface area (TPSA) is 35.5 Å². The summed E-state index contributed by atoms with van der Waals surface area (Å²) < 4.78 is 11.4. The number of carbonyl (C=O) groups is 1. The lowest BCUT2D eigenvalue weighted by Gasteiger charge is -2.08. The second-order valence-electron chi connectivity index (χ2n) is 4.68. The average Bonchev–Trinajstić information content (AvgIpc) is 2.58. The van der Waals surface area contributed by atoms with Crippen LogP contribution in [0.2, 0.25) is 0 Å². The summed E-state index contributed by atoms with van der Waals surface area (Å²) in [5.41, 5.74) is 0.624. The maximum atomic E-state index is 10.6. The summed E-state index contributed by atoms with van der Waals surface area (Å²) in [5.74, 6) is 2.93. The first-order chi connectivity index (χ1) is 10.8. The Bertz CT molecular complexity index is 732. The number of aldehydes is 1. The first kappa shape index (κ1) is 13.9. The van der Waals surface area contributed by atoms with Crippen molar-refractivity contribution in [2.45, 2.75) is 0 Å². The third kappa shape index (κ3) is 3.52. The van der Waals surface area contributed by atoms with Gasteiger partial charge in [0.1, 0.15) is 29.3 Å². The Morgan fingerprint density at radius 1 is 0.545 bits per heavy atom. The average molecular weight is 290 g/mol. The number of carbonyl (C=O) groups excluding carboxylic acids is 1. The van der Waals surface area contributed by atoms with Gasteiger partial charge in [-0.1, -0.05) is 18.2 Å². The van der Waals surface area contributed by atoms with Gasteiger partial charge in [0.15, 0.2) is 0 Å². The van der Waals surface area contributed by atoms with Crippen LogP contribution in [0.25, 0.3) is 0 Å². The second kappa shape index (κ2) is 6.59. The molecular weight excluding hydrogens is 276 g/mol. The molecule has 0 N–H and O–H groups in total. The molecular formula is C19H14O3. The van der Waals surface area contributed by atoms with Gasteiger partial charge in [-0.05, 0) is 60.7 Å². The van der Waals surface area contributed by atoms with E-state index in [4.69, 9.17) is 9.47 Å². The van der Waals surface area contributed by atoms with Gasteiger partial charge in [0.2, 0.25) is 0 Å². The monoisotopic (exact) mass is 290 g/mol. The van der Waals surface area contributed by atoms with Gasteiger partial charge in [0.05, 0.1) is 0 Å². The third-order valence-corrected chi connectivity index (χ3v) is 3.05. The maximum Gasteiger partial charge on any atom is 0.150 e. The van der Waals surface area contributed by atoms with Crippen LogP contribution < -0.4 is 9.47 Å². The standard InChI is InChI=1S/C19H14O3/c20-14-15-6-8-17(9-7-15)22-19-12-10-18(11-13-19)21-16-4-2-1-3-5-16/h1-14H. The number of ether oxygens (including phenoxy) is 2. The molecule has 0 amide bonds. The molecule has 0 unspecified atom stereocenters. The molecule has 0 aromatic heterocycles. The molecule has 0 heterocycles. The Hall–Kier alpha value is -3.07. The van der Waals surface area contributed by atoms with Crippen LogP contribution in [0, 0.1) is 0 Å². The third-order valence-electron chi connectivity index (χ3n) is 3.05. The zero-order chi connectivity index (χ0) is 15.2. The van der Waals surface area contributed by atoms with Crippen molar-refractivity contribution in [1.29, 1.82) is 0 Å². The van der Waals surface area contributed by atoms with Gasteiger partial charge < -0.3 is 9.47 Å². The van der Waals surface area contributed by atoms with Gasteiger partial charge in [0.25, 0.3) is 0 Å². The molecule has 0 aliphatic carbocycles. The number of hydrogen-bond acceptors (Lipinski definition) is 3. The summed E-state index contributed by atoms with van der Waals surface area (Å²) in [6.07, 6.45) is 0.805. The smallest absolute Gasteiger partial charge is 0.150 e. The van der Waals surface area contributed by atoms with E-state index in [0.717, 1.165) is 17.8 Å². The van der Waals surface area contributed by atoms with E-state index in [1.54, 1.807) is 24.3 Å². The van der Waals surface area contributed by atoms with Crippen LogP contribution in [-0.4, -0.2) is 6.29 Å². The van der Waals surface area contributed by atoms with E-state index in [0.29, 0.717) is 17.1 Å². The highest BCUT2D eigenvalue weighted by Crippen LogP contribution is 2.26. The predicted molar refractivity (Wildman–Crippen MR) is 84.9 cm³/mol. The number of rotatable bonds is 5. The van der Waals surface area contributed by atoms with Crippen LogP contribution >= 0.6 is 0 Å². The van der Waals surface area contributed by atoms with Crippen molar-refractivity contribution >= 4 is 6.29 Å². The van der Waals surface area contributed by atoms with Crippen LogP contribution in [0.5, 0.6) is 23.0 Å². The Labute approximate surface area is 128 Å². The van der Waals surface area contributed by atoms with Gasteiger partial charge in [-0.3, -0.25) is 4.79 Å². The van der Waals surface area contributed by atoms with Gasteiger partial charge >= 0.3 is 0 Å². The molecule has 0 aliphatic heterocycles. The Kier molecular flexibility index (Phi) is 4.16. The highest BCUT2D eigenvalue weighted by atomic mass is 16.5. The van der Waals surface area contributed by atoms with Crippen molar-refractivity contribution in [1.82, 2.24) is 0 Å². The largest absolute Gasteiger partial charge is 0.457 e. The molecule has 0 fully saturated rings. The lowest BCUT2D eigenvalue weighted by molar-refractivity contribution is 0.112. The van der Waals surface area contributed by atoms with Crippen LogP contribution in [0.3, 0.4) is 0 Å². The molecule has 0 bridgehead atoms. The molecule has 0 aliphatic rings. The van der Waals surface area contributed by atoms with Crippen LogP contribution in [-0.2, 0) is 0 Å². The van der Waals surface area contributed by atoms with Crippen molar-refractivity contribution in [3.8, 4) is 23.0 Å². The first-order valence-electron chi connectivity index (χ1n) is 6.89. The minimum absolute atomic E-state index is 0.624. The zero-order valence-corrected chi connectivity index (χ0v) is 11.8. The summed E-state index contributed by atoms with van der Waals surface area (Å²) >= 11 is 0. The van der Waals surface area contributed by atoms with Gasteiger partial charge in [-0.2, -0.15) is 0 Å². The molecule has 0 spiro atoms. The molecule has 22 heavy (non-hydrogen) atoms. The SMILES string of the molecule is O=Cc1ccc(Oc2ccc(Oc3ccccc3)cc2)cc1. The van der Waals surface area contributed by atoms with E-state index in [9.17, 15) is 4.79 Å². The molecule has 0 atom stereocenters. The molecule has 0 saturated heterocycles. The van der Waals surface area contributed by atoms with Crippen molar-refractivity contribution < 1.29 is 14.3 Å². The Balaban J connectivity index is 1.67. The highest BCUT2D eigenvalue weighted by Gasteiger charge is 2.00. The fourth-order valence-corrected chi connectivity index (χ4v) is 1.95. The predicted octanol–water partition coefficient (Wildman–Crippen LogP) is 5.08. The van der Waals surface area contributed by atoms with Crippen molar-refractivity contribution in [2.75, 3.05) is 0 Å². The molecule has 3 rings (SSSR count). The summed E-state index contributed by atoms with van der Waals surface area (Å²) in [6.45, 7) is 0. The van der Waals surface area contributed by atoms with Crippen molar-refractivity contribution in [2.24, 2.45) is 0 Å². The number of para-hydroxylation sites is 1. The Morgan fingerprint density at radius 2 is 0.955 bits per heavy atom. The molecule has 3 heteroatoms. The van der Waals surface area contributed by atoms with E-state index in [1.165, 1.54) is 0 Å². The summed E-state index contributed by atoms with van der Waals surface area (Å²) in [6, 6.07) is 23.9. The fraction of sp³-hybridized carbons (Fsp3) is 0. The van der Waals surface area contributed by atoms with Crippen molar-refractivity contribution in [3.63, 3.8) is 0 Å². The van der Waals surface area contributed by atoms with Gasteiger partial charge in [-0.25, -0.2) is 0 Å². The molecule has 0 saturated carbocycles. The summed E-state index contributed by atoms with van der Waals surface area (Å²) in [4.78, 5) is 10.6. The highest BCUT2D eigenvalue weighted by molar-refractivity contribution is 5.74. The minimum Gasteiger partial charge on any atom is -0.457 e. The van der Waals surface area contributed by atoms with E-state index >= 15 is 0 Å². The lowest BCUT2D eigenvalue weighted by atomic mass is 10.2. The normalized spacial score (nSPS) is 10.0. The van der Waals surface area contributed by atoms with E-state index < -0.39 is 0 Å². The number of benzene rings is 3. The molecule has 3 nitrogen and oxygen atoms in total. The minimum atomic E-state index is 0.624. The lowest BCUT2D eigenvalue weighted by Crippen LogP contribution is -1.87. The summed E-state index contributed by atoms with van der Waals surface area (Å²) in [5, 5.41) is 0. The first-order valence-corrected chi connectivity index (χ1v) is 6.89. The van der Waals surface area contributed by atoms with E-state index in [2.05, 4.69) is 0 Å². The molecule has 3 aromatic rings. The Morgan fingerprint density at radius 3 is 1.41 bits per heavy atom. The fourth-order valence-electron chi connectivity index (χ4n) is 1.95. The van der Waals surface area contributed by atoms with E-state index in [1.807, 2.05) is 54.6 Å². The molecule has 3 aromatic carbocycles. The maximum absolute atomic E-state index is 10.6. The van der Waals surface area contributed by atoms with Gasteiger partial charge in [-0.15, -0.1) is 0 Å². The number of hydrogen-bond donors (Lipinski definition) is 0. The van der Waals surface area contributed by atoms with Crippen LogP contribution in [0.1, 0.15) is 10.4 Å². The van der Waals surface area contributed by atoms with Crippen LogP contribution in [0.4, 0.5) is 0 Å². The van der Waals surface area contributed by atoms with E-state index in [-0.39, 0.29) is 0 Å². The summed E-state index contributed by atoms with van der Waals surface area (Å²) in [7, 11) is 0. The molecule has 108 valence electrons. The second-order valence-corrected chi connectivity index (χ2v) is 4.68. The van der Waals surface area contributed by atoms with Crippen LogP contribution in [0.15, 0.2) is 78.9 Å². The van der Waals surface area contributed by atoms with Crippen molar-refractivity contribution in [3.05, 3.63) is 84.4 Å². The zero-order valence-electron chi connectivity index (χ0n) is 11.8. The van der Waals surface area contributed by atoms with Gasteiger partial charge in [0, 0.05) is 5.56 Å². The quantitative estimate of drug-likeness (QED) is 0.614.